The van der Waals surface area contributed by atoms with Crippen molar-refractivity contribution in [2.24, 2.45) is 5.73 Å². The molecule has 0 saturated heterocycles. The van der Waals surface area contributed by atoms with Crippen LogP contribution in [0, 0.1) is 0 Å². The van der Waals surface area contributed by atoms with Crippen molar-refractivity contribution in [2.45, 2.75) is 25.8 Å². The lowest BCUT2D eigenvalue weighted by molar-refractivity contribution is -0.133. The van der Waals surface area contributed by atoms with Crippen LogP contribution in [0.3, 0.4) is 0 Å². The normalized spacial score (nSPS) is 11.8. The van der Waals surface area contributed by atoms with Gasteiger partial charge in [0.05, 0.1) is 13.0 Å². The van der Waals surface area contributed by atoms with Gasteiger partial charge < -0.3 is 15.4 Å². The number of hydrogen-bond acceptors (Lipinski definition) is 3. The third kappa shape index (κ3) is 4.83. The smallest absolute Gasteiger partial charge is 0.230 e. The minimum atomic E-state index is -0.221. The van der Waals surface area contributed by atoms with E-state index in [9.17, 15) is 4.79 Å². The summed E-state index contributed by atoms with van der Waals surface area (Å²) in [5.74, 6) is 0.658. The number of amides is 1. The lowest BCUT2D eigenvalue weighted by Crippen LogP contribution is -2.35. The van der Waals surface area contributed by atoms with Gasteiger partial charge in [0.15, 0.2) is 0 Å². The number of benzene rings is 2. The Morgan fingerprint density at radius 1 is 1.17 bits per heavy atom. The van der Waals surface area contributed by atoms with Crippen molar-refractivity contribution in [3.05, 3.63) is 65.7 Å². The molecule has 4 heteroatoms. The number of ether oxygens (including phenoxy) is 1. The first-order chi connectivity index (χ1) is 11.7. The molecule has 1 atom stereocenters. The lowest BCUT2D eigenvalue weighted by atomic mass is 9.99. The van der Waals surface area contributed by atoms with E-state index in [2.05, 4.69) is 0 Å². The van der Waals surface area contributed by atoms with Crippen LogP contribution < -0.4 is 10.5 Å². The van der Waals surface area contributed by atoms with Crippen molar-refractivity contribution in [3.8, 4) is 5.75 Å². The largest absolute Gasteiger partial charge is 0.497 e. The molecule has 2 aromatic rings. The maximum absolute atomic E-state index is 13.0. The van der Waals surface area contributed by atoms with Crippen molar-refractivity contribution in [2.75, 3.05) is 20.2 Å². The fraction of sp³-hybridized carbons (Fsp3) is 0.350. The second-order valence-corrected chi connectivity index (χ2v) is 5.89. The Hall–Kier alpha value is -2.33. The molecule has 0 saturated carbocycles. The highest BCUT2D eigenvalue weighted by Crippen LogP contribution is 2.23. The van der Waals surface area contributed by atoms with E-state index in [0.29, 0.717) is 19.6 Å². The summed E-state index contributed by atoms with van der Waals surface area (Å²) in [5, 5.41) is 0. The quantitative estimate of drug-likeness (QED) is 0.810. The van der Waals surface area contributed by atoms with Gasteiger partial charge in [-0.15, -0.1) is 0 Å². The van der Waals surface area contributed by atoms with E-state index in [1.165, 1.54) is 0 Å². The monoisotopic (exact) mass is 326 g/mol. The molecule has 0 fully saturated rings. The van der Waals surface area contributed by atoms with Crippen molar-refractivity contribution < 1.29 is 9.53 Å². The van der Waals surface area contributed by atoms with Crippen molar-refractivity contribution in [1.82, 2.24) is 4.90 Å². The fourth-order valence-corrected chi connectivity index (χ4v) is 2.68. The molecule has 0 aliphatic heterocycles. The molecule has 24 heavy (non-hydrogen) atoms. The number of nitrogens with zero attached hydrogens (tertiary/aromatic N) is 1. The van der Waals surface area contributed by atoms with Gasteiger partial charge in [-0.2, -0.15) is 0 Å². The number of carbonyl (C=O) groups excluding carboxylic acids is 1. The Kier molecular flexibility index (Phi) is 6.82. The molecule has 1 unspecified atom stereocenters. The molecular weight excluding hydrogens is 300 g/mol. The summed E-state index contributed by atoms with van der Waals surface area (Å²) in [4.78, 5) is 14.9. The van der Waals surface area contributed by atoms with Gasteiger partial charge in [-0.25, -0.2) is 0 Å². The SMILES string of the molecule is COc1cccc(C(C)C(=O)N(CCCN)Cc2ccccc2)c1. The molecule has 2 N–H and O–H groups in total. The standard InChI is InChI=1S/C20H26N2O2/c1-16(18-10-6-11-19(14-18)24-2)20(23)22(13-7-12-21)15-17-8-4-3-5-9-17/h3-6,8-11,14,16H,7,12-13,15,21H2,1-2H3. The van der Waals surface area contributed by atoms with Crippen LogP contribution in [0.5, 0.6) is 5.75 Å². The molecule has 128 valence electrons. The highest BCUT2D eigenvalue weighted by molar-refractivity contribution is 5.83. The van der Waals surface area contributed by atoms with Crippen LogP contribution in [0.25, 0.3) is 0 Å². The van der Waals surface area contributed by atoms with Gasteiger partial charge >= 0.3 is 0 Å². The second kappa shape index (κ2) is 9.08. The topological polar surface area (TPSA) is 55.6 Å². The molecule has 0 aliphatic rings. The van der Waals surface area contributed by atoms with E-state index in [4.69, 9.17) is 10.5 Å². The molecule has 2 aromatic carbocycles. The van der Waals surface area contributed by atoms with Gasteiger partial charge in [0, 0.05) is 13.1 Å². The summed E-state index contributed by atoms with van der Waals surface area (Å²) in [6, 6.07) is 17.7. The van der Waals surface area contributed by atoms with Gasteiger partial charge in [0.1, 0.15) is 5.75 Å². The lowest BCUT2D eigenvalue weighted by Gasteiger charge is -2.26. The van der Waals surface area contributed by atoms with E-state index in [1.807, 2.05) is 66.4 Å². The summed E-state index contributed by atoms with van der Waals surface area (Å²) in [6.07, 6.45) is 0.795. The van der Waals surface area contributed by atoms with Crippen LogP contribution in [0.2, 0.25) is 0 Å². The van der Waals surface area contributed by atoms with Crippen LogP contribution in [0.1, 0.15) is 30.4 Å². The predicted octanol–water partition coefficient (Wildman–Crippen LogP) is 3.18. The first-order valence-corrected chi connectivity index (χ1v) is 8.32. The van der Waals surface area contributed by atoms with Crippen molar-refractivity contribution in [3.63, 3.8) is 0 Å². The van der Waals surface area contributed by atoms with E-state index < -0.39 is 0 Å². The second-order valence-electron chi connectivity index (χ2n) is 5.89. The van der Waals surface area contributed by atoms with Gasteiger partial charge in [-0.1, -0.05) is 42.5 Å². The van der Waals surface area contributed by atoms with Crippen molar-refractivity contribution in [1.29, 1.82) is 0 Å². The Bertz CT molecular complexity index is 643. The maximum Gasteiger partial charge on any atom is 0.230 e. The highest BCUT2D eigenvalue weighted by Gasteiger charge is 2.22. The molecule has 0 radical (unpaired) electrons. The van der Waals surface area contributed by atoms with E-state index in [1.54, 1.807) is 7.11 Å². The molecule has 0 heterocycles. The Balaban J connectivity index is 2.16. The number of methoxy groups -OCH3 is 1. The first kappa shape index (κ1) is 18.0. The minimum Gasteiger partial charge on any atom is -0.497 e. The fourth-order valence-electron chi connectivity index (χ4n) is 2.68. The zero-order valence-corrected chi connectivity index (χ0v) is 14.4. The van der Waals surface area contributed by atoms with Crippen molar-refractivity contribution >= 4 is 5.91 Å². The number of nitrogens with two attached hydrogens (primary N) is 1. The minimum absolute atomic E-state index is 0.112. The first-order valence-electron chi connectivity index (χ1n) is 8.32. The molecule has 0 aliphatic carbocycles. The highest BCUT2D eigenvalue weighted by atomic mass is 16.5. The van der Waals surface area contributed by atoms with Gasteiger partial charge in [0.25, 0.3) is 0 Å². The summed E-state index contributed by atoms with van der Waals surface area (Å²) in [7, 11) is 1.63. The Morgan fingerprint density at radius 3 is 2.58 bits per heavy atom. The molecular formula is C20H26N2O2. The Labute approximate surface area is 144 Å². The molecule has 1 amide bonds. The van der Waals surface area contributed by atoms with Crippen LogP contribution in [-0.2, 0) is 11.3 Å². The zero-order chi connectivity index (χ0) is 17.4. The molecule has 0 spiro atoms. The summed E-state index contributed by atoms with van der Waals surface area (Å²) in [5.41, 5.74) is 7.73. The number of carbonyl (C=O) groups is 1. The maximum atomic E-state index is 13.0. The number of hydrogen-bond donors (Lipinski definition) is 1. The summed E-state index contributed by atoms with van der Waals surface area (Å²) in [6.45, 7) is 3.79. The summed E-state index contributed by atoms with van der Waals surface area (Å²) >= 11 is 0. The van der Waals surface area contributed by atoms with E-state index in [-0.39, 0.29) is 11.8 Å². The van der Waals surface area contributed by atoms with Crippen LogP contribution in [0.15, 0.2) is 54.6 Å². The number of rotatable bonds is 8. The average Bonchev–Trinajstić information content (AvgIpc) is 2.64. The molecule has 0 aromatic heterocycles. The van der Waals surface area contributed by atoms with E-state index >= 15 is 0 Å². The zero-order valence-electron chi connectivity index (χ0n) is 14.4. The molecule has 2 rings (SSSR count). The van der Waals surface area contributed by atoms with Crippen LogP contribution in [0.4, 0.5) is 0 Å². The molecule has 0 bridgehead atoms. The summed E-state index contributed by atoms with van der Waals surface area (Å²) < 4.78 is 5.26. The van der Waals surface area contributed by atoms with Gasteiger partial charge in [-0.3, -0.25) is 4.79 Å². The van der Waals surface area contributed by atoms with E-state index in [0.717, 1.165) is 23.3 Å². The van der Waals surface area contributed by atoms with Gasteiger partial charge in [-0.05, 0) is 43.1 Å². The van der Waals surface area contributed by atoms with Crippen LogP contribution in [-0.4, -0.2) is 31.0 Å². The van der Waals surface area contributed by atoms with Gasteiger partial charge in [0.2, 0.25) is 5.91 Å². The predicted molar refractivity (Wildman–Crippen MR) is 96.9 cm³/mol. The molecule has 4 nitrogen and oxygen atoms in total. The third-order valence-electron chi connectivity index (χ3n) is 4.12. The third-order valence-corrected chi connectivity index (χ3v) is 4.12. The van der Waals surface area contributed by atoms with Crippen LogP contribution >= 0.6 is 0 Å². The average molecular weight is 326 g/mol. The Morgan fingerprint density at radius 2 is 1.92 bits per heavy atom.